The van der Waals surface area contributed by atoms with Gasteiger partial charge in [0.05, 0.1) is 18.0 Å². The van der Waals surface area contributed by atoms with Crippen LogP contribution < -0.4 is 10.1 Å². The third kappa shape index (κ3) is 5.80. The Morgan fingerprint density at radius 2 is 1.67 bits per heavy atom. The highest BCUT2D eigenvalue weighted by molar-refractivity contribution is 7.89. The van der Waals surface area contributed by atoms with E-state index in [0.717, 1.165) is 21.0 Å². The van der Waals surface area contributed by atoms with Crippen LogP contribution in [0.2, 0.25) is 0 Å². The number of carbonyl (C=O) groups excluding carboxylic acids is 1. The molecule has 0 aliphatic heterocycles. The lowest BCUT2D eigenvalue weighted by molar-refractivity contribution is -0.121. The topological polar surface area (TPSA) is 75.7 Å². The van der Waals surface area contributed by atoms with E-state index in [-0.39, 0.29) is 23.3 Å². The van der Waals surface area contributed by atoms with Crippen molar-refractivity contribution in [1.29, 1.82) is 0 Å². The number of ether oxygens (including phenoxy) is 1. The summed E-state index contributed by atoms with van der Waals surface area (Å²) in [6, 6.07) is 22.3. The fourth-order valence-corrected chi connectivity index (χ4v) is 4.65. The second-order valence-corrected chi connectivity index (χ2v) is 10.2. The largest absolute Gasteiger partial charge is 0.496 e. The molecule has 3 aromatic rings. The van der Waals surface area contributed by atoms with Crippen LogP contribution in [0.4, 0.5) is 0 Å². The lowest BCUT2D eigenvalue weighted by Crippen LogP contribution is -2.30. The van der Waals surface area contributed by atoms with Crippen molar-refractivity contribution >= 4 is 15.9 Å². The van der Waals surface area contributed by atoms with Crippen LogP contribution in [-0.2, 0) is 21.2 Å². The minimum atomic E-state index is -3.58. The molecule has 0 bridgehead atoms. The van der Waals surface area contributed by atoms with Crippen molar-refractivity contribution in [3.63, 3.8) is 0 Å². The summed E-state index contributed by atoms with van der Waals surface area (Å²) in [7, 11) is 0.925. The lowest BCUT2D eigenvalue weighted by Gasteiger charge is -2.22. The Hall–Kier alpha value is -3.16. The predicted molar refractivity (Wildman–Crippen MR) is 130 cm³/mol. The van der Waals surface area contributed by atoms with Crippen LogP contribution in [0.1, 0.15) is 34.7 Å². The molecule has 0 radical (unpaired) electrons. The Kier molecular flexibility index (Phi) is 7.89. The Balaban J connectivity index is 1.82. The smallest absolute Gasteiger partial charge is 0.242 e. The van der Waals surface area contributed by atoms with E-state index in [4.69, 9.17) is 4.74 Å². The van der Waals surface area contributed by atoms with E-state index in [0.29, 0.717) is 17.7 Å². The van der Waals surface area contributed by atoms with Crippen molar-refractivity contribution in [3.05, 3.63) is 95.1 Å². The van der Waals surface area contributed by atoms with Crippen LogP contribution in [0, 0.1) is 6.92 Å². The van der Waals surface area contributed by atoms with Gasteiger partial charge in [-0.05, 0) is 53.8 Å². The second kappa shape index (κ2) is 10.6. The summed E-state index contributed by atoms with van der Waals surface area (Å²) >= 11 is 0. The lowest BCUT2D eigenvalue weighted by atomic mass is 9.94. The number of carbonyl (C=O) groups is 1. The maximum atomic E-state index is 13.0. The third-order valence-electron chi connectivity index (χ3n) is 5.59. The molecule has 174 valence electrons. The highest BCUT2D eigenvalue weighted by Crippen LogP contribution is 2.27. The molecule has 0 saturated heterocycles. The minimum absolute atomic E-state index is 0.130. The van der Waals surface area contributed by atoms with E-state index < -0.39 is 10.0 Å². The van der Waals surface area contributed by atoms with Crippen molar-refractivity contribution < 1.29 is 17.9 Å². The monoisotopic (exact) mass is 466 g/mol. The summed E-state index contributed by atoms with van der Waals surface area (Å²) in [5, 5.41) is 3.16. The second-order valence-electron chi connectivity index (χ2n) is 8.03. The van der Waals surface area contributed by atoms with Crippen molar-refractivity contribution in [2.75, 3.05) is 21.2 Å². The summed E-state index contributed by atoms with van der Waals surface area (Å²) in [6.45, 7) is 2.03. The molecule has 1 unspecified atom stereocenters. The van der Waals surface area contributed by atoms with Gasteiger partial charge in [0.15, 0.2) is 0 Å². The first-order valence-corrected chi connectivity index (χ1v) is 12.2. The zero-order valence-corrected chi connectivity index (χ0v) is 20.2. The average Bonchev–Trinajstić information content (AvgIpc) is 2.82. The van der Waals surface area contributed by atoms with Crippen LogP contribution >= 0.6 is 0 Å². The molecule has 0 saturated carbocycles. The van der Waals surface area contributed by atoms with Gasteiger partial charge in [0, 0.05) is 20.5 Å². The van der Waals surface area contributed by atoms with Gasteiger partial charge in [-0.2, -0.15) is 0 Å². The van der Waals surface area contributed by atoms with Gasteiger partial charge in [0.2, 0.25) is 15.9 Å². The summed E-state index contributed by atoms with van der Waals surface area (Å²) in [5.41, 5.74) is 3.79. The van der Waals surface area contributed by atoms with Gasteiger partial charge in [-0.15, -0.1) is 0 Å². The molecular weight excluding hydrogens is 436 g/mol. The summed E-state index contributed by atoms with van der Waals surface area (Å²) in [5.74, 6) is 0.425. The van der Waals surface area contributed by atoms with Gasteiger partial charge in [-0.3, -0.25) is 4.79 Å². The Bertz CT molecular complexity index is 1210. The van der Waals surface area contributed by atoms with Crippen molar-refractivity contribution in [2.45, 2.75) is 30.7 Å². The molecule has 6 nitrogen and oxygen atoms in total. The minimum Gasteiger partial charge on any atom is -0.496 e. The Morgan fingerprint density at radius 3 is 2.30 bits per heavy atom. The number of hydrogen-bond acceptors (Lipinski definition) is 4. The quantitative estimate of drug-likeness (QED) is 0.515. The number of hydrogen-bond donors (Lipinski definition) is 1. The molecule has 0 aromatic heterocycles. The van der Waals surface area contributed by atoms with E-state index in [9.17, 15) is 13.2 Å². The van der Waals surface area contributed by atoms with E-state index in [1.165, 1.54) is 27.3 Å². The molecule has 33 heavy (non-hydrogen) atoms. The fraction of sp³-hybridized carbons (Fsp3) is 0.269. The predicted octanol–water partition coefficient (Wildman–Crippen LogP) is 4.09. The van der Waals surface area contributed by atoms with Crippen LogP contribution in [0.3, 0.4) is 0 Å². The van der Waals surface area contributed by atoms with Crippen LogP contribution in [-0.4, -0.2) is 39.8 Å². The summed E-state index contributed by atoms with van der Waals surface area (Å²) in [6.07, 6.45) is 0.540. The third-order valence-corrected chi connectivity index (χ3v) is 7.40. The molecule has 1 N–H and O–H groups in total. The standard InChI is InChI=1S/C26H30N2O4S/c1-19-10-8-9-13-23(19)26(20-11-6-5-7-12-20)27-25(29)17-14-21-18-22(15-16-24(21)32-4)33(30,31)28(2)3/h5-13,15-16,18,26H,14,17H2,1-4H3,(H,27,29). The van der Waals surface area contributed by atoms with E-state index >= 15 is 0 Å². The molecule has 0 heterocycles. The first-order valence-electron chi connectivity index (χ1n) is 10.7. The van der Waals surface area contributed by atoms with Crippen molar-refractivity contribution in [1.82, 2.24) is 9.62 Å². The molecule has 7 heteroatoms. The summed E-state index contributed by atoms with van der Waals surface area (Å²) < 4.78 is 31.6. The molecule has 1 atom stereocenters. The molecular formula is C26H30N2O4S. The number of nitrogens with one attached hydrogen (secondary N) is 1. The number of amides is 1. The number of nitrogens with zero attached hydrogens (tertiary/aromatic N) is 1. The van der Waals surface area contributed by atoms with Gasteiger partial charge in [-0.1, -0.05) is 54.6 Å². The molecule has 3 rings (SSSR count). The van der Waals surface area contributed by atoms with Crippen molar-refractivity contribution in [3.8, 4) is 5.75 Å². The average molecular weight is 467 g/mol. The highest BCUT2D eigenvalue weighted by atomic mass is 32.2. The van der Waals surface area contributed by atoms with Crippen molar-refractivity contribution in [2.24, 2.45) is 0 Å². The van der Waals surface area contributed by atoms with Gasteiger partial charge in [0.25, 0.3) is 0 Å². The highest BCUT2D eigenvalue weighted by Gasteiger charge is 2.21. The first kappa shape index (κ1) is 24.5. The zero-order chi connectivity index (χ0) is 24.0. The number of sulfonamides is 1. The molecule has 1 amide bonds. The number of methoxy groups -OCH3 is 1. The maximum absolute atomic E-state index is 13.0. The van der Waals surface area contributed by atoms with E-state index in [2.05, 4.69) is 5.32 Å². The van der Waals surface area contributed by atoms with E-state index in [1.807, 2.05) is 61.5 Å². The first-order chi connectivity index (χ1) is 15.7. The molecule has 0 aliphatic carbocycles. The van der Waals surface area contributed by atoms with E-state index in [1.54, 1.807) is 12.1 Å². The molecule has 3 aromatic carbocycles. The van der Waals surface area contributed by atoms with Gasteiger partial charge in [0.1, 0.15) is 5.75 Å². The SMILES string of the molecule is COc1ccc(S(=O)(=O)N(C)C)cc1CCC(=O)NC(c1ccccc1)c1ccccc1C. The Morgan fingerprint density at radius 1 is 1.00 bits per heavy atom. The maximum Gasteiger partial charge on any atom is 0.242 e. The number of benzene rings is 3. The molecule has 0 aliphatic rings. The van der Waals surface area contributed by atoms with Gasteiger partial charge >= 0.3 is 0 Å². The molecule has 0 spiro atoms. The molecule has 0 fully saturated rings. The zero-order valence-electron chi connectivity index (χ0n) is 19.4. The fourth-order valence-electron chi connectivity index (χ4n) is 3.70. The Labute approximate surface area is 196 Å². The van der Waals surface area contributed by atoms with Gasteiger partial charge in [-0.25, -0.2) is 12.7 Å². The number of aryl methyl sites for hydroxylation is 2. The van der Waals surface area contributed by atoms with Crippen LogP contribution in [0.25, 0.3) is 0 Å². The number of rotatable bonds is 9. The summed E-state index contributed by atoms with van der Waals surface area (Å²) in [4.78, 5) is 13.2. The van der Waals surface area contributed by atoms with Crippen LogP contribution in [0.15, 0.2) is 77.7 Å². The van der Waals surface area contributed by atoms with Gasteiger partial charge < -0.3 is 10.1 Å². The normalized spacial score (nSPS) is 12.4. The van der Waals surface area contributed by atoms with Crippen LogP contribution in [0.5, 0.6) is 5.75 Å².